The second-order valence-electron chi connectivity index (χ2n) is 4.40. The number of amides is 1. The van der Waals surface area contributed by atoms with Crippen molar-refractivity contribution in [1.29, 1.82) is 0 Å². The van der Waals surface area contributed by atoms with Gasteiger partial charge in [0.1, 0.15) is 4.90 Å². The zero-order valence-electron chi connectivity index (χ0n) is 12.1. The van der Waals surface area contributed by atoms with Gasteiger partial charge in [-0.1, -0.05) is 11.6 Å². The van der Waals surface area contributed by atoms with Gasteiger partial charge in [-0.3, -0.25) is 4.79 Å². The van der Waals surface area contributed by atoms with Gasteiger partial charge < -0.3 is 10.6 Å². The highest BCUT2D eigenvalue weighted by molar-refractivity contribution is 7.89. The molecule has 0 bridgehead atoms. The second kappa shape index (κ2) is 7.63. The minimum Gasteiger partial charge on any atom is -0.399 e. The van der Waals surface area contributed by atoms with Crippen LogP contribution in [0, 0.1) is 0 Å². The summed E-state index contributed by atoms with van der Waals surface area (Å²) in [5.41, 5.74) is 5.91. The van der Waals surface area contributed by atoms with Crippen LogP contribution in [-0.4, -0.2) is 38.9 Å². The number of carbonyl (C=O) groups excluding carboxylic acids is 1. The van der Waals surface area contributed by atoms with Crippen LogP contribution in [0.15, 0.2) is 23.1 Å². The van der Waals surface area contributed by atoms with E-state index in [-0.39, 0.29) is 28.8 Å². The first kappa shape index (κ1) is 17.7. The van der Waals surface area contributed by atoms with E-state index in [0.29, 0.717) is 18.8 Å². The van der Waals surface area contributed by atoms with Crippen molar-refractivity contribution in [3.63, 3.8) is 0 Å². The van der Waals surface area contributed by atoms with Gasteiger partial charge in [0.15, 0.2) is 0 Å². The molecule has 0 radical (unpaired) electrons. The molecule has 0 aliphatic rings. The summed E-state index contributed by atoms with van der Waals surface area (Å²) in [6, 6.07) is 4.17. The molecule has 0 unspecified atom stereocenters. The van der Waals surface area contributed by atoms with Crippen molar-refractivity contribution in [1.82, 2.24) is 9.62 Å². The first-order chi connectivity index (χ1) is 9.81. The number of carbonyl (C=O) groups is 1. The van der Waals surface area contributed by atoms with Crippen LogP contribution >= 0.6 is 11.6 Å². The Bertz CT molecular complexity index is 601. The number of nitrogens with one attached hydrogen (secondary N) is 1. The largest absolute Gasteiger partial charge is 0.399 e. The van der Waals surface area contributed by atoms with E-state index < -0.39 is 10.0 Å². The van der Waals surface area contributed by atoms with E-state index in [1.807, 2.05) is 13.8 Å². The quantitative estimate of drug-likeness (QED) is 0.739. The van der Waals surface area contributed by atoms with Crippen molar-refractivity contribution in [2.75, 3.05) is 25.4 Å². The van der Waals surface area contributed by atoms with Crippen LogP contribution in [-0.2, 0) is 14.8 Å². The molecule has 1 amide bonds. The first-order valence-electron chi connectivity index (χ1n) is 6.64. The smallest absolute Gasteiger partial charge is 0.242 e. The Morgan fingerprint density at radius 1 is 1.33 bits per heavy atom. The number of sulfonamides is 1. The van der Waals surface area contributed by atoms with Gasteiger partial charge in [-0.05, 0) is 32.0 Å². The summed E-state index contributed by atoms with van der Waals surface area (Å²) in [5, 5.41) is 0.0533. The summed E-state index contributed by atoms with van der Waals surface area (Å²) < 4.78 is 26.6. The van der Waals surface area contributed by atoms with Crippen LogP contribution in [0.5, 0.6) is 0 Å². The lowest BCUT2D eigenvalue weighted by molar-refractivity contribution is -0.130. The Labute approximate surface area is 130 Å². The number of halogens is 1. The fourth-order valence-corrected chi connectivity index (χ4v) is 3.42. The number of hydrogen-bond donors (Lipinski definition) is 2. The number of nitrogen functional groups attached to an aromatic ring is 1. The maximum Gasteiger partial charge on any atom is 0.242 e. The molecule has 8 heteroatoms. The number of benzene rings is 1. The van der Waals surface area contributed by atoms with Crippen LogP contribution < -0.4 is 10.5 Å². The molecule has 0 atom stereocenters. The van der Waals surface area contributed by atoms with E-state index in [1.165, 1.54) is 18.2 Å². The molecule has 1 rings (SSSR count). The van der Waals surface area contributed by atoms with Gasteiger partial charge in [0.2, 0.25) is 15.9 Å². The summed E-state index contributed by atoms with van der Waals surface area (Å²) in [5.74, 6) is -0.0916. The Balaban J connectivity index is 2.68. The lowest BCUT2D eigenvalue weighted by Gasteiger charge is -2.18. The fourth-order valence-electron chi connectivity index (χ4n) is 1.84. The Morgan fingerprint density at radius 3 is 2.48 bits per heavy atom. The molecule has 0 heterocycles. The molecule has 3 N–H and O–H groups in total. The highest BCUT2D eigenvalue weighted by Crippen LogP contribution is 2.23. The molecule has 1 aromatic carbocycles. The summed E-state index contributed by atoms with van der Waals surface area (Å²) in [7, 11) is -3.75. The number of hydrogen-bond acceptors (Lipinski definition) is 4. The average Bonchev–Trinajstić information content (AvgIpc) is 2.39. The highest BCUT2D eigenvalue weighted by atomic mass is 35.5. The molecule has 0 spiro atoms. The zero-order valence-corrected chi connectivity index (χ0v) is 13.7. The minimum atomic E-state index is -3.75. The Hall–Kier alpha value is -1.31. The molecule has 0 aliphatic heterocycles. The zero-order chi connectivity index (χ0) is 16.0. The second-order valence-corrected chi connectivity index (χ2v) is 6.55. The lowest BCUT2D eigenvalue weighted by atomic mass is 10.3. The Morgan fingerprint density at radius 2 is 1.95 bits per heavy atom. The first-order valence-corrected chi connectivity index (χ1v) is 8.50. The van der Waals surface area contributed by atoms with Crippen molar-refractivity contribution in [3.8, 4) is 0 Å². The molecule has 118 valence electrons. The Kier molecular flexibility index (Phi) is 6.44. The molecule has 0 fully saturated rings. The van der Waals surface area contributed by atoms with Gasteiger partial charge in [-0.25, -0.2) is 13.1 Å². The summed E-state index contributed by atoms with van der Waals surface area (Å²) >= 11 is 5.88. The van der Waals surface area contributed by atoms with Gasteiger partial charge >= 0.3 is 0 Å². The van der Waals surface area contributed by atoms with Crippen molar-refractivity contribution >= 4 is 33.2 Å². The molecule has 0 aromatic heterocycles. The van der Waals surface area contributed by atoms with E-state index in [4.69, 9.17) is 17.3 Å². The maximum atomic E-state index is 12.1. The van der Waals surface area contributed by atoms with Crippen LogP contribution in [0.4, 0.5) is 5.69 Å². The summed E-state index contributed by atoms with van der Waals surface area (Å²) in [6.45, 7) is 4.98. The van der Waals surface area contributed by atoms with Crippen molar-refractivity contribution in [2.45, 2.75) is 25.2 Å². The van der Waals surface area contributed by atoms with E-state index in [1.54, 1.807) is 4.90 Å². The van der Waals surface area contributed by atoms with Crippen LogP contribution in [0.2, 0.25) is 5.02 Å². The van der Waals surface area contributed by atoms with Crippen LogP contribution in [0.3, 0.4) is 0 Å². The number of anilines is 1. The predicted molar refractivity (Wildman–Crippen MR) is 83.6 cm³/mol. The topological polar surface area (TPSA) is 92.5 Å². The van der Waals surface area contributed by atoms with E-state index in [0.717, 1.165) is 0 Å². The highest BCUT2D eigenvalue weighted by Gasteiger charge is 2.18. The summed E-state index contributed by atoms with van der Waals surface area (Å²) in [4.78, 5) is 13.4. The molecular formula is C13H20ClN3O3S. The third kappa shape index (κ3) is 4.87. The number of rotatable bonds is 7. The number of nitrogens with two attached hydrogens (primary N) is 1. The molecule has 6 nitrogen and oxygen atoms in total. The molecule has 0 saturated carbocycles. The van der Waals surface area contributed by atoms with Gasteiger partial charge in [0.25, 0.3) is 0 Å². The molecule has 0 aliphatic carbocycles. The monoisotopic (exact) mass is 333 g/mol. The van der Waals surface area contributed by atoms with E-state index in [9.17, 15) is 13.2 Å². The molecule has 1 aromatic rings. The van der Waals surface area contributed by atoms with Crippen LogP contribution in [0.25, 0.3) is 0 Å². The van der Waals surface area contributed by atoms with Gasteiger partial charge in [-0.2, -0.15) is 0 Å². The SMILES string of the molecule is CCN(CC)C(=O)CCNS(=O)(=O)c1ccc(N)cc1Cl. The molecule has 21 heavy (non-hydrogen) atoms. The maximum absolute atomic E-state index is 12.1. The van der Waals surface area contributed by atoms with E-state index in [2.05, 4.69) is 4.72 Å². The molecular weight excluding hydrogens is 314 g/mol. The average molecular weight is 334 g/mol. The normalized spacial score (nSPS) is 11.4. The lowest BCUT2D eigenvalue weighted by Crippen LogP contribution is -2.34. The minimum absolute atomic E-state index is 0.0262. The van der Waals surface area contributed by atoms with Gasteiger partial charge in [-0.15, -0.1) is 0 Å². The molecule has 0 saturated heterocycles. The van der Waals surface area contributed by atoms with Crippen molar-refractivity contribution < 1.29 is 13.2 Å². The van der Waals surface area contributed by atoms with E-state index >= 15 is 0 Å². The number of nitrogens with zero attached hydrogens (tertiary/aromatic N) is 1. The van der Waals surface area contributed by atoms with Gasteiger partial charge in [0.05, 0.1) is 5.02 Å². The predicted octanol–water partition coefficient (Wildman–Crippen LogP) is 1.46. The van der Waals surface area contributed by atoms with Crippen molar-refractivity contribution in [3.05, 3.63) is 23.2 Å². The standard InChI is InChI=1S/C13H20ClN3O3S/c1-3-17(4-2)13(18)7-8-16-21(19,20)12-6-5-10(15)9-11(12)14/h5-6,9,16H,3-4,7-8,15H2,1-2H3. The fraction of sp³-hybridized carbons (Fsp3) is 0.462. The van der Waals surface area contributed by atoms with Gasteiger partial charge in [0, 0.05) is 31.7 Å². The van der Waals surface area contributed by atoms with Crippen LogP contribution in [0.1, 0.15) is 20.3 Å². The summed E-state index contributed by atoms with van der Waals surface area (Å²) in [6.07, 6.45) is 0.105. The third-order valence-corrected chi connectivity index (χ3v) is 4.94. The third-order valence-electron chi connectivity index (χ3n) is 2.99. The van der Waals surface area contributed by atoms with Crippen molar-refractivity contribution in [2.24, 2.45) is 0 Å².